The Morgan fingerprint density at radius 1 is 1.00 bits per heavy atom. The number of rotatable bonds is 4. The van der Waals surface area contributed by atoms with Gasteiger partial charge in [0.2, 0.25) is 0 Å². The summed E-state index contributed by atoms with van der Waals surface area (Å²) in [6, 6.07) is 12.3. The Labute approximate surface area is 140 Å². The van der Waals surface area contributed by atoms with Gasteiger partial charge in [-0.3, -0.25) is 9.97 Å². The molecule has 1 N–H and O–H groups in total. The van der Waals surface area contributed by atoms with Crippen molar-refractivity contribution >= 4 is 42.8 Å². The van der Waals surface area contributed by atoms with Crippen LogP contribution < -0.4 is 5.32 Å². The lowest BCUT2D eigenvalue weighted by Gasteiger charge is -2.08. The molecule has 3 nitrogen and oxygen atoms in total. The van der Waals surface area contributed by atoms with E-state index < -0.39 is 0 Å². The predicted octanol–water partition coefficient (Wildman–Crippen LogP) is 4.44. The van der Waals surface area contributed by atoms with E-state index in [2.05, 4.69) is 71.4 Å². The summed E-state index contributed by atoms with van der Waals surface area (Å²) in [4.78, 5) is 8.86. The number of benzene rings is 1. The fraction of sp³-hybridized carbons (Fsp3) is 0.125. The van der Waals surface area contributed by atoms with E-state index in [1.54, 1.807) is 6.20 Å². The third-order valence-electron chi connectivity index (χ3n) is 3.21. The highest BCUT2D eigenvalue weighted by molar-refractivity contribution is 9.11. The molecule has 0 aliphatic rings. The number of para-hydroxylation sites is 1. The molecular weight excluding hydrogens is 394 g/mol. The maximum absolute atomic E-state index is 4.46. The minimum absolute atomic E-state index is 0.705. The van der Waals surface area contributed by atoms with Crippen molar-refractivity contribution < 1.29 is 0 Å². The summed E-state index contributed by atoms with van der Waals surface area (Å²) in [7, 11) is 0. The number of fused-ring (bicyclic) bond motifs is 1. The highest BCUT2D eigenvalue weighted by atomic mass is 79.9. The zero-order valence-corrected chi connectivity index (χ0v) is 14.4. The first kappa shape index (κ1) is 14.6. The van der Waals surface area contributed by atoms with Crippen LogP contribution in [0.3, 0.4) is 0 Å². The van der Waals surface area contributed by atoms with Crippen LogP contribution in [0.2, 0.25) is 0 Å². The lowest BCUT2D eigenvalue weighted by molar-refractivity contribution is 0.679. The van der Waals surface area contributed by atoms with E-state index in [-0.39, 0.29) is 0 Å². The standard InChI is InChI=1S/C16H13Br2N3/c17-13-7-14(18)15(21-9-13)10-19-8-12-4-1-3-11-5-2-6-20-16(11)12/h1-7,9,19H,8,10H2. The van der Waals surface area contributed by atoms with Crippen LogP contribution in [0.15, 0.2) is 57.7 Å². The topological polar surface area (TPSA) is 37.8 Å². The minimum atomic E-state index is 0.705. The lowest BCUT2D eigenvalue weighted by Crippen LogP contribution is -2.14. The Hall–Kier alpha value is -1.30. The molecule has 0 saturated carbocycles. The number of aromatic nitrogens is 2. The number of hydrogen-bond acceptors (Lipinski definition) is 3. The minimum Gasteiger partial charge on any atom is -0.307 e. The van der Waals surface area contributed by atoms with Gasteiger partial charge >= 0.3 is 0 Å². The average Bonchev–Trinajstić information content (AvgIpc) is 2.50. The van der Waals surface area contributed by atoms with Gasteiger partial charge in [-0.05, 0) is 49.6 Å². The summed E-state index contributed by atoms with van der Waals surface area (Å²) in [6.07, 6.45) is 3.64. The monoisotopic (exact) mass is 405 g/mol. The van der Waals surface area contributed by atoms with Crippen molar-refractivity contribution in [1.29, 1.82) is 0 Å². The van der Waals surface area contributed by atoms with E-state index >= 15 is 0 Å². The largest absolute Gasteiger partial charge is 0.307 e. The summed E-state index contributed by atoms with van der Waals surface area (Å²) in [5.41, 5.74) is 3.24. The fourth-order valence-electron chi connectivity index (χ4n) is 2.20. The van der Waals surface area contributed by atoms with Crippen molar-refractivity contribution in [3.63, 3.8) is 0 Å². The van der Waals surface area contributed by atoms with Gasteiger partial charge in [-0.25, -0.2) is 0 Å². The molecule has 0 radical (unpaired) electrons. The molecule has 0 fully saturated rings. The van der Waals surface area contributed by atoms with Crippen LogP contribution in [0.25, 0.3) is 10.9 Å². The number of nitrogens with zero attached hydrogens (tertiary/aromatic N) is 2. The molecule has 3 aromatic rings. The zero-order valence-electron chi connectivity index (χ0n) is 11.2. The Balaban J connectivity index is 1.72. The summed E-state index contributed by atoms with van der Waals surface area (Å²) < 4.78 is 1.97. The molecule has 0 amide bonds. The van der Waals surface area contributed by atoms with Crippen LogP contribution in [-0.2, 0) is 13.1 Å². The van der Waals surface area contributed by atoms with Crippen molar-refractivity contribution in [3.05, 3.63) is 69.0 Å². The second-order valence-corrected chi connectivity index (χ2v) is 6.45. The van der Waals surface area contributed by atoms with Gasteiger partial charge in [-0.15, -0.1) is 0 Å². The predicted molar refractivity (Wildman–Crippen MR) is 91.9 cm³/mol. The molecule has 5 heteroatoms. The summed E-state index contributed by atoms with van der Waals surface area (Å²) in [5, 5.41) is 4.59. The van der Waals surface area contributed by atoms with Gasteiger partial charge in [0.1, 0.15) is 0 Å². The molecule has 0 saturated heterocycles. The third-order valence-corrected chi connectivity index (χ3v) is 4.33. The van der Waals surface area contributed by atoms with Gasteiger partial charge in [-0.1, -0.05) is 24.3 Å². The van der Waals surface area contributed by atoms with Gasteiger partial charge in [-0.2, -0.15) is 0 Å². The van der Waals surface area contributed by atoms with Gasteiger partial charge in [0, 0.05) is 39.8 Å². The SMILES string of the molecule is Brc1cnc(CNCc2cccc3cccnc23)c(Br)c1. The fourth-order valence-corrected chi connectivity index (χ4v) is 3.33. The normalized spacial score (nSPS) is 11.0. The Bertz CT molecular complexity index is 769. The third kappa shape index (κ3) is 3.48. The Morgan fingerprint density at radius 2 is 1.86 bits per heavy atom. The molecule has 0 unspecified atom stereocenters. The van der Waals surface area contributed by atoms with Crippen molar-refractivity contribution in [3.8, 4) is 0 Å². The van der Waals surface area contributed by atoms with Gasteiger partial charge < -0.3 is 5.32 Å². The first-order chi connectivity index (χ1) is 10.2. The van der Waals surface area contributed by atoms with Crippen molar-refractivity contribution in [2.45, 2.75) is 13.1 Å². The van der Waals surface area contributed by atoms with Gasteiger partial charge in [0.05, 0.1) is 11.2 Å². The average molecular weight is 407 g/mol. The quantitative estimate of drug-likeness (QED) is 0.695. The van der Waals surface area contributed by atoms with Crippen LogP contribution >= 0.6 is 31.9 Å². The maximum Gasteiger partial charge on any atom is 0.0746 e. The molecule has 0 atom stereocenters. The number of pyridine rings is 2. The van der Waals surface area contributed by atoms with Crippen LogP contribution in [0, 0.1) is 0 Å². The van der Waals surface area contributed by atoms with Gasteiger partial charge in [0.25, 0.3) is 0 Å². The molecule has 0 spiro atoms. The highest BCUT2D eigenvalue weighted by Crippen LogP contribution is 2.20. The second kappa shape index (κ2) is 6.64. The van der Waals surface area contributed by atoms with Crippen LogP contribution in [-0.4, -0.2) is 9.97 Å². The van der Waals surface area contributed by atoms with Gasteiger partial charge in [0.15, 0.2) is 0 Å². The van der Waals surface area contributed by atoms with E-state index in [4.69, 9.17) is 0 Å². The van der Waals surface area contributed by atoms with Crippen LogP contribution in [0.5, 0.6) is 0 Å². The molecule has 21 heavy (non-hydrogen) atoms. The second-order valence-electron chi connectivity index (χ2n) is 4.68. The van der Waals surface area contributed by atoms with E-state index in [9.17, 15) is 0 Å². The molecule has 0 aliphatic heterocycles. The molecule has 3 rings (SSSR count). The molecule has 106 valence electrons. The zero-order chi connectivity index (χ0) is 14.7. The molecular formula is C16H13Br2N3. The first-order valence-electron chi connectivity index (χ1n) is 6.57. The number of hydrogen-bond donors (Lipinski definition) is 1. The van der Waals surface area contributed by atoms with E-state index in [0.29, 0.717) is 6.54 Å². The molecule has 2 aromatic heterocycles. The van der Waals surface area contributed by atoms with Crippen LogP contribution in [0.4, 0.5) is 0 Å². The smallest absolute Gasteiger partial charge is 0.0746 e. The van der Waals surface area contributed by atoms with E-state index in [0.717, 1.165) is 26.7 Å². The van der Waals surface area contributed by atoms with Crippen molar-refractivity contribution in [2.75, 3.05) is 0 Å². The summed E-state index contributed by atoms with van der Waals surface area (Å²) in [5.74, 6) is 0. The molecule has 0 aliphatic carbocycles. The number of halogens is 2. The lowest BCUT2D eigenvalue weighted by atomic mass is 10.1. The van der Waals surface area contributed by atoms with E-state index in [1.165, 1.54) is 10.9 Å². The van der Waals surface area contributed by atoms with E-state index in [1.807, 2.05) is 18.3 Å². The molecule has 1 aromatic carbocycles. The number of nitrogens with one attached hydrogen (secondary N) is 1. The highest BCUT2D eigenvalue weighted by Gasteiger charge is 2.04. The van der Waals surface area contributed by atoms with Crippen molar-refractivity contribution in [2.24, 2.45) is 0 Å². The summed E-state index contributed by atoms with van der Waals surface area (Å²) in [6.45, 7) is 1.47. The van der Waals surface area contributed by atoms with Crippen LogP contribution in [0.1, 0.15) is 11.3 Å². The summed E-state index contributed by atoms with van der Waals surface area (Å²) >= 11 is 6.94. The Kier molecular flexibility index (Phi) is 4.63. The van der Waals surface area contributed by atoms with Crippen molar-refractivity contribution in [1.82, 2.24) is 15.3 Å². The molecule has 2 heterocycles. The Morgan fingerprint density at radius 3 is 2.71 bits per heavy atom. The first-order valence-corrected chi connectivity index (χ1v) is 8.16. The maximum atomic E-state index is 4.46. The molecule has 0 bridgehead atoms.